The van der Waals surface area contributed by atoms with Gasteiger partial charge in [-0.15, -0.1) is 0 Å². The Morgan fingerprint density at radius 3 is 2.65 bits per heavy atom. The highest BCUT2D eigenvalue weighted by atomic mass is 15.0. The van der Waals surface area contributed by atoms with E-state index >= 15 is 0 Å². The van der Waals surface area contributed by atoms with E-state index in [0.717, 1.165) is 22.2 Å². The zero-order valence-electron chi connectivity index (χ0n) is 11.1. The van der Waals surface area contributed by atoms with Crippen LogP contribution in [0, 0.1) is 6.92 Å². The van der Waals surface area contributed by atoms with Crippen molar-refractivity contribution < 1.29 is 0 Å². The van der Waals surface area contributed by atoms with Crippen LogP contribution in [0.2, 0.25) is 0 Å². The third-order valence-electron chi connectivity index (χ3n) is 3.60. The second-order valence-corrected chi connectivity index (χ2v) is 4.95. The summed E-state index contributed by atoms with van der Waals surface area (Å²) in [5.74, 6) is 0. The first-order valence-electron chi connectivity index (χ1n) is 6.61. The quantitative estimate of drug-likeness (QED) is 0.519. The highest BCUT2D eigenvalue weighted by Gasteiger charge is 2.12. The van der Waals surface area contributed by atoms with Gasteiger partial charge in [0.1, 0.15) is 6.33 Å². The molecule has 0 amide bonds. The molecular formula is C17H13N3. The third-order valence-corrected chi connectivity index (χ3v) is 3.60. The molecule has 3 heteroatoms. The number of fused-ring (bicyclic) bond motifs is 3. The Balaban J connectivity index is 2.22. The summed E-state index contributed by atoms with van der Waals surface area (Å²) in [7, 11) is 0. The lowest BCUT2D eigenvalue weighted by atomic mass is 10.1. The predicted octanol–water partition coefficient (Wildman–Crippen LogP) is 3.88. The topological polar surface area (TPSA) is 30.7 Å². The number of aryl methyl sites for hydroxylation is 1. The van der Waals surface area contributed by atoms with Crippen molar-refractivity contribution in [2.75, 3.05) is 0 Å². The van der Waals surface area contributed by atoms with Gasteiger partial charge < -0.3 is 4.57 Å². The van der Waals surface area contributed by atoms with Crippen molar-refractivity contribution in [3.05, 3.63) is 66.6 Å². The SMILES string of the molecule is Cc1ccc2c(c1)c1ncncc1n2-c1ccccc1. The maximum absolute atomic E-state index is 4.46. The van der Waals surface area contributed by atoms with Gasteiger partial charge >= 0.3 is 0 Å². The first kappa shape index (κ1) is 11.2. The van der Waals surface area contributed by atoms with Crippen molar-refractivity contribution in [1.29, 1.82) is 0 Å². The van der Waals surface area contributed by atoms with E-state index in [2.05, 4.69) is 51.8 Å². The Bertz CT molecular complexity index is 907. The number of hydrogen-bond acceptors (Lipinski definition) is 2. The fourth-order valence-electron chi connectivity index (χ4n) is 2.71. The van der Waals surface area contributed by atoms with Gasteiger partial charge in [0.25, 0.3) is 0 Å². The van der Waals surface area contributed by atoms with Gasteiger partial charge in [0.05, 0.1) is 22.7 Å². The molecule has 0 saturated heterocycles. The second-order valence-electron chi connectivity index (χ2n) is 4.95. The fraction of sp³-hybridized carbons (Fsp3) is 0.0588. The van der Waals surface area contributed by atoms with Crippen molar-refractivity contribution in [1.82, 2.24) is 14.5 Å². The smallest absolute Gasteiger partial charge is 0.116 e. The summed E-state index contributed by atoms with van der Waals surface area (Å²) in [6.07, 6.45) is 3.49. The van der Waals surface area contributed by atoms with Crippen LogP contribution in [0.5, 0.6) is 0 Å². The molecule has 0 N–H and O–H groups in total. The van der Waals surface area contributed by atoms with Crippen LogP contribution in [0.1, 0.15) is 5.56 Å². The van der Waals surface area contributed by atoms with E-state index in [4.69, 9.17) is 0 Å². The average Bonchev–Trinajstić information content (AvgIpc) is 2.82. The van der Waals surface area contributed by atoms with Crippen molar-refractivity contribution in [2.45, 2.75) is 6.92 Å². The van der Waals surface area contributed by atoms with Gasteiger partial charge in [0.2, 0.25) is 0 Å². The maximum atomic E-state index is 4.46. The standard InChI is InChI=1S/C17H13N3/c1-12-7-8-15-14(9-12)17-16(10-18-11-19-17)20(15)13-5-3-2-4-6-13/h2-11H,1H3. The molecule has 0 spiro atoms. The molecule has 0 bridgehead atoms. The van der Waals surface area contributed by atoms with Crippen LogP contribution in [0.4, 0.5) is 0 Å². The summed E-state index contributed by atoms with van der Waals surface area (Å²) in [5.41, 5.74) is 5.58. The fourth-order valence-corrected chi connectivity index (χ4v) is 2.71. The minimum atomic E-state index is 1.00. The highest BCUT2D eigenvalue weighted by molar-refractivity contribution is 6.06. The molecule has 3 nitrogen and oxygen atoms in total. The average molecular weight is 259 g/mol. The zero-order chi connectivity index (χ0) is 13.5. The van der Waals surface area contributed by atoms with E-state index in [0.29, 0.717) is 0 Å². The summed E-state index contributed by atoms with van der Waals surface area (Å²) in [5, 5.41) is 1.17. The monoisotopic (exact) mass is 259 g/mol. The van der Waals surface area contributed by atoms with Crippen molar-refractivity contribution in [3.63, 3.8) is 0 Å². The molecule has 0 aliphatic rings. The van der Waals surface area contributed by atoms with E-state index in [-0.39, 0.29) is 0 Å². The summed E-state index contributed by atoms with van der Waals surface area (Å²) in [4.78, 5) is 8.65. The number of nitrogens with zero attached hydrogens (tertiary/aromatic N) is 3. The van der Waals surface area contributed by atoms with Crippen LogP contribution in [0.25, 0.3) is 27.6 Å². The largest absolute Gasteiger partial charge is 0.306 e. The summed E-state index contributed by atoms with van der Waals surface area (Å²) < 4.78 is 2.21. The van der Waals surface area contributed by atoms with Gasteiger partial charge in [-0.2, -0.15) is 0 Å². The van der Waals surface area contributed by atoms with Crippen LogP contribution < -0.4 is 0 Å². The van der Waals surface area contributed by atoms with Crippen molar-refractivity contribution >= 4 is 21.9 Å². The third kappa shape index (κ3) is 1.53. The highest BCUT2D eigenvalue weighted by Crippen LogP contribution is 2.30. The van der Waals surface area contributed by atoms with Crippen molar-refractivity contribution in [3.8, 4) is 5.69 Å². The second kappa shape index (κ2) is 4.17. The minimum absolute atomic E-state index is 1.00. The van der Waals surface area contributed by atoms with E-state index in [9.17, 15) is 0 Å². The lowest BCUT2D eigenvalue weighted by molar-refractivity contribution is 1.14. The zero-order valence-corrected chi connectivity index (χ0v) is 11.1. The molecule has 0 unspecified atom stereocenters. The number of hydrogen-bond donors (Lipinski definition) is 0. The molecule has 20 heavy (non-hydrogen) atoms. The molecular weight excluding hydrogens is 246 g/mol. The molecule has 96 valence electrons. The normalized spacial score (nSPS) is 11.2. The van der Waals surface area contributed by atoms with Crippen LogP contribution in [0.15, 0.2) is 61.1 Å². The first-order chi connectivity index (χ1) is 9.84. The Morgan fingerprint density at radius 2 is 1.80 bits per heavy atom. The van der Waals surface area contributed by atoms with Gasteiger partial charge in [0.15, 0.2) is 0 Å². The molecule has 2 aromatic carbocycles. The number of para-hydroxylation sites is 1. The molecule has 4 rings (SSSR count). The van der Waals surface area contributed by atoms with E-state index in [1.165, 1.54) is 10.9 Å². The molecule has 2 heterocycles. The minimum Gasteiger partial charge on any atom is -0.306 e. The van der Waals surface area contributed by atoms with Gasteiger partial charge in [-0.3, -0.25) is 0 Å². The molecule has 0 fully saturated rings. The predicted molar refractivity (Wildman–Crippen MR) is 81.1 cm³/mol. The number of benzene rings is 2. The lowest BCUT2D eigenvalue weighted by Crippen LogP contribution is -1.93. The molecule has 0 atom stereocenters. The van der Waals surface area contributed by atoms with Crippen LogP contribution in [-0.4, -0.2) is 14.5 Å². The molecule has 0 aliphatic carbocycles. The molecule has 4 aromatic rings. The van der Waals surface area contributed by atoms with Gasteiger partial charge in [0, 0.05) is 11.1 Å². The van der Waals surface area contributed by atoms with Gasteiger partial charge in [-0.1, -0.05) is 29.8 Å². The maximum Gasteiger partial charge on any atom is 0.116 e. The lowest BCUT2D eigenvalue weighted by Gasteiger charge is -2.06. The van der Waals surface area contributed by atoms with E-state index < -0.39 is 0 Å². The Hall–Kier alpha value is -2.68. The molecule has 0 saturated carbocycles. The Morgan fingerprint density at radius 1 is 0.950 bits per heavy atom. The molecule has 0 aliphatic heterocycles. The van der Waals surface area contributed by atoms with Crippen LogP contribution >= 0.6 is 0 Å². The summed E-state index contributed by atoms with van der Waals surface area (Å²) in [6, 6.07) is 16.8. The van der Waals surface area contributed by atoms with E-state index in [1.54, 1.807) is 6.33 Å². The number of aromatic nitrogens is 3. The summed E-state index contributed by atoms with van der Waals surface area (Å²) in [6.45, 7) is 2.10. The Kier molecular flexibility index (Phi) is 2.33. The van der Waals surface area contributed by atoms with Crippen LogP contribution in [0.3, 0.4) is 0 Å². The van der Waals surface area contributed by atoms with Crippen LogP contribution in [-0.2, 0) is 0 Å². The molecule has 0 radical (unpaired) electrons. The van der Waals surface area contributed by atoms with Gasteiger partial charge in [-0.05, 0) is 31.2 Å². The van der Waals surface area contributed by atoms with Crippen molar-refractivity contribution in [2.24, 2.45) is 0 Å². The number of rotatable bonds is 1. The van der Waals surface area contributed by atoms with Gasteiger partial charge in [-0.25, -0.2) is 9.97 Å². The Labute approximate surface area is 116 Å². The molecule has 2 aromatic heterocycles. The first-order valence-corrected chi connectivity index (χ1v) is 6.61. The van der Waals surface area contributed by atoms with E-state index in [1.807, 2.05) is 24.4 Å². The summed E-state index contributed by atoms with van der Waals surface area (Å²) >= 11 is 0.